The van der Waals surface area contributed by atoms with Gasteiger partial charge < -0.3 is 31.9 Å². The molecule has 12 nitrogen and oxygen atoms in total. The van der Waals surface area contributed by atoms with Gasteiger partial charge in [-0.15, -0.1) is 0 Å². The Hall–Kier alpha value is -3.96. The van der Waals surface area contributed by atoms with E-state index in [0.717, 1.165) is 51.4 Å². The summed E-state index contributed by atoms with van der Waals surface area (Å²) in [5.41, 5.74) is -3.88. The van der Waals surface area contributed by atoms with Crippen LogP contribution in [0.2, 0.25) is 0 Å². The first-order valence-corrected chi connectivity index (χ1v) is 28.5. The molecule has 0 atom stereocenters. The van der Waals surface area contributed by atoms with Crippen LogP contribution in [0.4, 0.5) is 0 Å². The second kappa shape index (κ2) is 24.6. The number of nitrogens with one attached hydrogen (secondary N) is 6. The molecule has 3 rings (SSSR count). The SMILES string of the molecule is CC(C)CCC(C)(C)CNC(=O)C1(C(=O)NCC(C)(C)CCC(C)C)Cc2c(c(C(=O)NC(C)(C)C)c3c(c2C(=O)NC(C)(C)C)CC(C(=O)NCC(C)(C)CCC(C)C)(C(=O)NCC(C)(C)CCC(C)C)C3)C1. The van der Waals surface area contributed by atoms with Crippen LogP contribution in [0, 0.1) is 56.2 Å². The predicted octanol–water partition coefficient (Wildman–Crippen LogP) is 11.2. The summed E-state index contributed by atoms with van der Waals surface area (Å²) in [4.78, 5) is 92.0. The first-order chi connectivity index (χ1) is 33.6. The number of hydrogen-bond acceptors (Lipinski definition) is 6. The standard InChI is InChI=1S/C62H108N6O6/c1-39(2)23-27-57(15,16)35-63-51(71)61(52(72)64-36-58(17,18)28-24-40(3)4)31-43-44(32-61)48(50(70)68-56(12,13)14)46-34-62(33-45(46)47(43)49(69)67-55(9,10)11,53(73)65-37-59(19,20)29-25-41(5)6)54(74)66-38-60(21,22)30-26-42(7)8/h39-42H,23-38H2,1-22H3,(H,63,71)(H,64,72)(H,65,73)(H,66,74)(H,67,69)(H,68,70). The Balaban J connectivity index is 2.46. The third kappa shape index (κ3) is 18.1. The van der Waals surface area contributed by atoms with Crippen molar-refractivity contribution in [3.63, 3.8) is 0 Å². The van der Waals surface area contributed by atoms with Crippen molar-refractivity contribution in [1.29, 1.82) is 0 Å². The minimum atomic E-state index is -1.73. The molecule has 0 radical (unpaired) electrons. The van der Waals surface area contributed by atoms with Gasteiger partial charge in [0.25, 0.3) is 11.8 Å². The lowest BCUT2D eigenvalue weighted by molar-refractivity contribution is -0.145. The van der Waals surface area contributed by atoms with Crippen molar-refractivity contribution in [3.05, 3.63) is 33.4 Å². The summed E-state index contributed by atoms with van der Waals surface area (Å²) in [6.07, 6.45) is 6.71. The molecule has 0 bridgehead atoms. The number of fused-ring (bicyclic) bond motifs is 2. The summed E-state index contributed by atoms with van der Waals surface area (Å²) in [5, 5.41) is 19.3. The maximum atomic E-state index is 15.4. The Morgan fingerprint density at radius 3 is 0.716 bits per heavy atom. The van der Waals surface area contributed by atoms with Crippen molar-refractivity contribution in [2.45, 2.75) is 240 Å². The average molecular weight is 1030 g/mol. The topological polar surface area (TPSA) is 175 Å². The average Bonchev–Trinajstić information content (AvgIpc) is 3.85. The largest absolute Gasteiger partial charge is 0.355 e. The quantitative estimate of drug-likeness (QED) is 0.0504. The molecule has 0 unspecified atom stereocenters. The monoisotopic (exact) mass is 1030 g/mol. The van der Waals surface area contributed by atoms with Gasteiger partial charge in [-0.1, -0.05) is 136 Å². The van der Waals surface area contributed by atoms with Crippen LogP contribution in [0.1, 0.15) is 247 Å². The summed E-state index contributed by atoms with van der Waals surface area (Å²) >= 11 is 0. The molecule has 422 valence electrons. The lowest BCUT2D eigenvalue weighted by Gasteiger charge is -2.33. The minimum Gasteiger partial charge on any atom is -0.355 e. The molecule has 2 aliphatic rings. The summed E-state index contributed by atoms with van der Waals surface area (Å²) in [5.74, 6) is -0.830. The molecule has 0 aliphatic heterocycles. The number of carbonyl (C=O) groups excluding carboxylic acids is 6. The maximum absolute atomic E-state index is 15.4. The molecule has 2 aliphatic carbocycles. The Morgan fingerprint density at radius 1 is 0.365 bits per heavy atom. The van der Waals surface area contributed by atoms with Gasteiger partial charge in [-0.3, -0.25) is 28.8 Å². The lowest BCUT2D eigenvalue weighted by atomic mass is 9.78. The van der Waals surface area contributed by atoms with Crippen molar-refractivity contribution >= 4 is 35.4 Å². The number of hydrogen-bond donors (Lipinski definition) is 6. The Kier molecular flexibility index (Phi) is 21.4. The van der Waals surface area contributed by atoms with Crippen LogP contribution in [-0.2, 0) is 44.9 Å². The van der Waals surface area contributed by atoms with Gasteiger partial charge in [0.05, 0.1) is 0 Å². The summed E-state index contributed by atoms with van der Waals surface area (Å²) in [6, 6.07) is 0. The van der Waals surface area contributed by atoms with Crippen molar-refractivity contribution in [1.82, 2.24) is 31.9 Å². The normalized spacial score (nSPS) is 15.8. The zero-order valence-corrected chi connectivity index (χ0v) is 51.1. The van der Waals surface area contributed by atoms with Crippen LogP contribution >= 0.6 is 0 Å². The smallest absolute Gasteiger partial charge is 0.252 e. The highest BCUT2D eigenvalue weighted by molar-refractivity contribution is 6.12. The van der Waals surface area contributed by atoms with Gasteiger partial charge >= 0.3 is 0 Å². The van der Waals surface area contributed by atoms with E-state index >= 15 is 28.8 Å². The Morgan fingerprint density at radius 2 is 0.554 bits per heavy atom. The minimum absolute atomic E-state index is 0.158. The molecule has 0 spiro atoms. The van der Waals surface area contributed by atoms with Crippen LogP contribution in [0.25, 0.3) is 0 Å². The van der Waals surface area contributed by atoms with Gasteiger partial charge in [0.15, 0.2) is 0 Å². The van der Waals surface area contributed by atoms with Gasteiger partial charge in [0, 0.05) is 48.4 Å². The highest BCUT2D eigenvalue weighted by Gasteiger charge is 2.58. The second-order valence-corrected chi connectivity index (χ2v) is 30.1. The van der Waals surface area contributed by atoms with Gasteiger partial charge in [-0.25, -0.2) is 0 Å². The molecule has 0 aromatic heterocycles. The van der Waals surface area contributed by atoms with E-state index in [0.29, 0.717) is 72.1 Å². The highest BCUT2D eigenvalue weighted by atomic mass is 16.2. The van der Waals surface area contributed by atoms with E-state index in [9.17, 15) is 0 Å². The van der Waals surface area contributed by atoms with E-state index in [1.165, 1.54) is 0 Å². The predicted molar refractivity (Wildman–Crippen MR) is 304 cm³/mol. The highest BCUT2D eigenvalue weighted by Crippen LogP contribution is 2.50. The van der Waals surface area contributed by atoms with Crippen molar-refractivity contribution in [3.8, 4) is 0 Å². The third-order valence-corrected chi connectivity index (χ3v) is 15.5. The fraction of sp³-hybridized carbons (Fsp3) is 0.806. The first-order valence-electron chi connectivity index (χ1n) is 28.5. The van der Waals surface area contributed by atoms with E-state index in [1.807, 2.05) is 41.5 Å². The van der Waals surface area contributed by atoms with Gasteiger partial charge in [-0.2, -0.15) is 0 Å². The molecule has 1 aromatic carbocycles. The molecule has 6 amide bonds. The first kappa shape index (κ1) is 64.3. The zero-order valence-electron chi connectivity index (χ0n) is 51.1. The second-order valence-electron chi connectivity index (χ2n) is 30.1. The van der Waals surface area contributed by atoms with E-state index in [-0.39, 0.29) is 58.5 Å². The van der Waals surface area contributed by atoms with Crippen LogP contribution in [0.5, 0.6) is 0 Å². The maximum Gasteiger partial charge on any atom is 0.252 e. The molecule has 0 saturated carbocycles. The van der Waals surface area contributed by atoms with Crippen molar-refractivity contribution < 1.29 is 28.8 Å². The number of carbonyl (C=O) groups is 6. The van der Waals surface area contributed by atoms with E-state index in [2.05, 4.69) is 143 Å². The third-order valence-electron chi connectivity index (χ3n) is 15.5. The van der Waals surface area contributed by atoms with Gasteiger partial charge in [-0.05, 0) is 160 Å². The molecule has 0 fully saturated rings. The number of rotatable bonds is 26. The molecule has 0 heterocycles. The van der Waals surface area contributed by atoms with Crippen LogP contribution in [-0.4, -0.2) is 72.7 Å². The molecule has 0 saturated heterocycles. The summed E-state index contributed by atoms with van der Waals surface area (Å²) < 4.78 is 0. The van der Waals surface area contributed by atoms with Crippen molar-refractivity contribution in [2.24, 2.45) is 56.2 Å². The van der Waals surface area contributed by atoms with Crippen molar-refractivity contribution in [2.75, 3.05) is 26.2 Å². The molecular weight excluding hydrogens is 925 g/mol. The van der Waals surface area contributed by atoms with Crippen LogP contribution < -0.4 is 31.9 Å². The Bertz CT molecular complexity index is 1890. The van der Waals surface area contributed by atoms with Gasteiger partial charge in [0.1, 0.15) is 10.8 Å². The number of amides is 6. The summed E-state index contributed by atoms with van der Waals surface area (Å²) in [7, 11) is 0. The Labute approximate surface area is 450 Å². The molecule has 6 N–H and O–H groups in total. The molecular formula is C62H108N6O6. The van der Waals surface area contributed by atoms with E-state index < -0.39 is 57.4 Å². The van der Waals surface area contributed by atoms with Gasteiger partial charge in [0.2, 0.25) is 23.6 Å². The molecule has 74 heavy (non-hydrogen) atoms. The number of benzene rings is 1. The molecule has 12 heteroatoms. The van der Waals surface area contributed by atoms with Crippen LogP contribution in [0.3, 0.4) is 0 Å². The summed E-state index contributed by atoms with van der Waals surface area (Å²) in [6.45, 7) is 47.0. The lowest BCUT2D eigenvalue weighted by Crippen LogP contribution is -2.55. The fourth-order valence-electron chi connectivity index (χ4n) is 10.3. The van der Waals surface area contributed by atoms with Crippen LogP contribution in [0.15, 0.2) is 0 Å². The molecule has 1 aromatic rings. The zero-order chi connectivity index (χ0) is 56.8. The van der Waals surface area contributed by atoms with E-state index in [1.54, 1.807) is 0 Å². The fourth-order valence-corrected chi connectivity index (χ4v) is 10.3. The van der Waals surface area contributed by atoms with E-state index in [4.69, 9.17) is 0 Å².